The van der Waals surface area contributed by atoms with Crippen molar-refractivity contribution < 1.29 is 14.6 Å². The van der Waals surface area contributed by atoms with Gasteiger partial charge in [-0.15, -0.1) is 0 Å². The zero-order valence-electron chi connectivity index (χ0n) is 16.2. The predicted octanol–water partition coefficient (Wildman–Crippen LogP) is 2.76. The predicted molar refractivity (Wildman–Crippen MR) is 101 cm³/mol. The quantitative estimate of drug-likeness (QED) is 0.742. The van der Waals surface area contributed by atoms with Gasteiger partial charge in [-0.3, -0.25) is 4.90 Å². The molecule has 5 heteroatoms. The van der Waals surface area contributed by atoms with Crippen LogP contribution >= 0.6 is 0 Å². The lowest BCUT2D eigenvalue weighted by Gasteiger charge is -2.28. The summed E-state index contributed by atoms with van der Waals surface area (Å²) in [4.78, 5) is 4.60. The Labute approximate surface area is 152 Å². The molecule has 25 heavy (non-hydrogen) atoms. The van der Waals surface area contributed by atoms with E-state index in [1.54, 1.807) is 7.11 Å². The molecule has 0 saturated carbocycles. The second-order valence-electron chi connectivity index (χ2n) is 7.32. The number of ether oxygens (including phenoxy) is 2. The van der Waals surface area contributed by atoms with Gasteiger partial charge in [0.05, 0.1) is 7.11 Å². The number of nitrogens with zero attached hydrogens (tertiary/aromatic N) is 2. The highest BCUT2D eigenvalue weighted by Crippen LogP contribution is 2.29. The van der Waals surface area contributed by atoms with Crippen LogP contribution in [0.1, 0.15) is 38.7 Å². The topological polar surface area (TPSA) is 45.2 Å². The van der Waals surface area contributed by atoms with E-state index in [-0.39, 0.29) is 6.61 Å². The summed E-state index contributed by atoms with van der Waals surface area (Å²) >= 11 is 0. The molecule has 2 rings (SSSR count). The Balaban J connectivity index is 1.92. The molecule has 142 valence electrons. The van der Waals surface area contributed by atoms with Crippen LogP contribution in [0.2, 0.25) is 0 Å². The lowest BCUT2D eigenvalue weighted by Crippen LogP contribution is -2.38. The third kappa shape index (κ3) is 6.49. The Morgan fingerprint density at radius 1 is 1.16 bits per heavy atom. The molecule has 0 aromatic heterocycles. The van der Waals surface area contributed by atoms with Gasteiger partial charge >= 0.3 is 0 Å². The average Bonchev–Trinajstić information content (AvgIpc) is 2.61. The smallest absolute Gasteiger partial charge is 0.161 e. The van der Waals surface area contributed by atoms with Gasteiger partial charge in [0.25, 0.3) is 0 Å². The van der Waals surface area contributed by atoms with Crippen molar-refractivity contribution in [2.75, 3.05) is 40.4 Å². The Morgan fingerprint density at radius 2 is 1.88 bits per heavy atom. The number of aliphatic hydroxyl groups excluding tert-OH is 1. The molecule has 1 heterocycles. The van der Waals surface area contributed by atoms with Crippen LogP contribution in [0.5, 0.6) is 11.5 Å². The van der Waals surface area contributed by atoms with E-state index in [9.17, 15) is 5.11 Å². The lowest BCUT2D eigenvalue weighted by atomic mass is 10.1. The van der Waals surface area contributed by atoms with Crippen molar-refractivity contribution in [3.8, 4) is 11.5 Å². The zero-order chi connectivity index (χ0) is 18.2. The van der Waals surface area contributed by atoms with Gasteiger partial charge in [0.2, 0.25) is 0 Å². The molecule has 1 aromatic rings. The number of hydrogen-bond acceptors (Lipinski definition) is 5. The molecule has 5 nitrogen and oxygen atoms in total. The van der Waals surface area contributed by atoms with Gasteiger partial charge in [-0.05, 0) is 64.5 Å². The molecule has 0 unspecified atom stereocenters. The van der Waals surface area contributed by atoms with Crippen LogP contribution in [0.4, 0.5) is 0 Å². The average molecular weight is 351 g/mol. The van der Waals surface area contributed by atoms with E-state index in [2.05, 4.69) is 36.8 Å². The molecule has 1 aliphatic heterocycles. The summed E-state index contributed by atoms with van der Waals surface area (Å²) in [6, 6.07) is 6.51. The Bertz CT molecular complexity index is 516. The first-order chi connectivity index (χ1) is 12.0. The van der Waals surface area contributed by atoms with E-state index in [4.69, 9.17) is 9.47 Å². The number of benzene rings is 1. The summed E-state index contributed by atoms with van der Waals surface area (Å²) in [6.07, 6.45) is 3.28. The fourth-order valence-corrected chi connectivity index (χ4v) is 3.08. The maximum Gasteiger partial charge on any atom is 0.161 e. The first-order valence-corrected chi connectivity index (χ1v) is 9.40. The molecule has 0 amide bonds. The van der Waals surface area contributed by atoms with Crippen molar-refractivity contribution in [2.45, 2.75) is 51.8 Å². The first kappa shape index (κ1) is 20.0. The third-order valence-corrected chi connectivity index (χ3v) is 4.89. The monoisotopic (exact) mass is 350 g/mol. The van der Waals surface area contributed by atoms with Crippen LogP contribution < -0.4 is 9.47 Å². The van der Waals surface area contributed by atoms with Crippen molar-refractivity contribution >= 4 is 0 Å². The normalized spacial score (nSPS) is 17.1. The molecule has 1 atom stereocenters. The van der Waals surface area contributed by atoms with E-state index in [1.807, 2.05) is 12.1 Å². The molecular formula is C20H34N2O3. The minimum Gasteiger partial charge on any atom is -0.493 e. The molecule has 0 radical (unpaired) electrons. The molecule has 1 fully saturated rings. The summed E-state index contributed by atoms with van der Waals surface area (Å²) in [5.41, 5.74) is 1.18. The van der Waals surface area contributed by atoms with Gasteiger partial charge in [0, 0.05) is 19.1 Å². The van der Waals surface area contributed by atoms with E-state index in [0.717, 1.165) is 19.6 Å². The standard InChI is InChI=1S/C20H34N2O3/c1-16(2)21(3)13-17-8-9-19(24-4)20(12-17)25-15-18(23)14-22-10-6-5-7-11-22/h8-9,12,16,18,23H,5-7,10-11,13-15H2,1-4H3/t18-/m0/s1. The van der Waals surface area contributed by atoms with Crippen molar-refractivity contribution in [3.63, 3.8) is 0 Å². The zero-order valence-corrected chi connectivity index (χ0v) is 16.2. The fourth-order valence-electron chi connectivity index (χ4n) is 3.08. The van der Waals surface area contributed by atoms with Crippen molar-refractivity contribution in [1.29, 1.82) is 0 Å². The highest BCUT2D eigenvalue weighted by Gasteiger charge is 2.16. The largest absolute Gasteiger partial charge is 0.493 e. The number of likely N-dealkylation sites (tertiary alicyclic amines) is 1. The van der Waals surface area contributed by atoms with E-state index >= 15 is 0 Å². The van der Waals surface area contributed by atoms with Gasteiger partial charge in [-0.1, -0.05) is 12.5 Å². The number of rotatable bonds is 9. The maximum atomic E-state index is 10.3. The van der Waals surface area contributed by atoms with Gasteiger partial charge in [0.1, 0.15) is 12.7 Å². The van der Waals surface area contributed by atoms with Crippen molar-refractivity contribution in [1.82, 2.24) is 9.80 Å². The molecule has 1 N–H and O–H groups in total. The highest BCUT2D eigenvalue weighted by atomic mass is 16.5. The number of aliphatic hydroxyl groups is 1. The van der Waals surface area contributed by atoms with Crippen LogP contribution in [0.3, 0.4) is 0 Å². The summed E-state index contributed by atoms with van der Waals surface area (Å²) < 4.78 is 11.3. The summed E-state index contributed by atoms with van der Waals surface area (Å²) in [5, 5.41) is 10.3. The Morgan fingerprint density at radius 3 is 2.52 bits per heavy atom. The number of hydrogen-bond donors (Lipinski definition) is 1. The molecule has 0 bridgehead atoms. The minimum atomic E-state index is -0.482. The Kier molecular flexibility index (Phi) is 8.00. The number of β-amino-alcohol motifs (C(OH)–C–C–N with tert-alkyl or cyclic N) is 1. The summed E-state index contributed by atoms with van der Waals surface area (Å²) in [7, 11) is 3.75. The Hall–Kier alpha value is -1.30. The van der Waals surface area contributed by atoms with E-state index < -0.39 is 6.10 Å². The molecule has 0 aliphatic carbocycles. The fraction of sp³-hybridized carbons (Fsp3) is 0.700. The molecular weight excluding hydrogens is 316 g/mol. The molecule has 1 aliphatic rings. The van der Waals surface area contributed by atoms with Gasteiger partial charge in [-0.2, -0.15) is 0 Å². The van der Waals surface area contributed by atoms with Crippen LogP contribution in [0.15, 0.2) is 18.2 Å². The maximum absolute atomic E-state index is 10.3. The van der Waals surface area contributed by atoms with Gasteiger partial charge < -0.3 is 19.5 Å². The summed E-state index contributed by atoms with van der Waals surface area (Å²) in [5.74, 6) is 1.41. The molecule has 1 saturated heterocycles. The van der Waals surface area contributed by atoms with E-state index in [0.29, 0.717) is 24.1 Å². The second kappa shape index (κ2) is 10.00. The van der Waals surface area contributed by atoms with Crippen molar-refractivity contribution in [3.05, 3.63) is 23.8 Å². The van der Waals surface area contributed by atoms with E-state index in [1.165, 1.54) is 24.8 Å². The number of methoxy groups -OCH3 is 1. The number of piperidine rings is 1. The van der Waals surface area contributed by atoms with Gasteiger partial charge in [0.15, 0.2) is 11.5 Å². The molecule has 1 aromatic carbocycles. The highest BCUT2D eigenvalue weighted by molar-refractivity contribution is 5.43. The minimum absolute atomic E-state index is 0.288. The van der Waals surface area contributed by atoms with Crippen LogP contribution in [0.25, 0.3) is 0 Å². The molecule has 0 spiro atoms. The van der Waals surface area contributed by atoms with Crippen LogP contribution in [-0.4, -0.2) is 67.5 Å². The van der Waals surface area contributed by atoms with Crippen molar-refractivity contribution in [2.24, 2.45) is 0 Å². The van der Waals surface area contributed by atoms with Crippen LogP contribution in [0, 0.1) is 0 Å². The SMILES string of the molecule is COc1ccc(CN(C)C(C)C)cc1OC[C@@H](O)CN1CCCCC1. The third-order valence-electron chi connectivity index (χ3n) is 4.89. The first-order valence-electron chi connectivity index (χ1n) is 9.40. The van der Waals surface area contributed by atoms with Crippen LogP contribution in [-0.2, 0) is 6.54 Å². The lowest BCUT2D eigenvalue weighted by molar-refractivity contribution is 0.0608. The van der Waals surface area contributed by atoms with Gasteiger partial charge in [-0.25, -0.2) is 0 Å². The summed E-state index contributed by atoms with van der Waals surface area (Å²) in [6.45, 7) is 8.34. The second-order valence-corrected chi connectivity index (χ2v) is 7.32.